The molecule has 0 aliphatic carbocycles. The standard InChI is InChI=1S/C21H24N6O3S/c1-15(2)19-9-10-23-27(19)20-8-7-17(14-22-20)31(28,29)25-18-6-4-5-16-13-24-26(21(16)18)11-12-30-3/h4-10,13-15,25H,11-12H2,1-3H3. The molecular formula is C21H24N6O3S. The fraction of sp³-hybridized carbons (Fsp3) is 0.286. The molecule has 0 saturated carbocycles. The molecule has 9 nitrogen and oxygen atoms in total. The lowest BCUT2D eigenvalue weighted by Gasteiger charge is -2.12. The van der Waals surface area contributed by atoms with Crippen molar-refractivity contribution in [2.75, 3.05) is 18.4 Å². The quantitative estimate of drug-likeness (QED) is 0.451. The molecule has 0 saturated heterocycles. The molecule has 3 heterocycles. The van der Waals surface area contributed by atoms with Gasteiger partial charge in [-0.25, -0.2) is 18.1 Å². The van der Waals surface area contributed by atoms with Gasteiger partial charge in [0.1, 0.15) is 4.90 Å². The first-order valence-corrected chi connectivity index (χ1v) is 11.4. The second-order valence-electron chi connectivity index (χ2n) is 7.38. The van der Waals surface area contributed by atoms with Crippen LogP contribution in [0.2, 0.25) is 0 Å². The van der Waals surface area contributed by atoms with Gasteiger partial charge in [0, 0.05) is 30.6 Å². The maximum absolute atomic E-state index is 13.0. The summed E-state index contributed by atoms with van der Waals surface area (Å²) in [5.41, 5.74) is 2.15. The third-order valence-corrected chi connectivity index (χ3v) is 6.28. The number of nitrogens with one attached hydrogen (secondary N) is 1. The Morgan fingerprint density at radius 2 is 1.94 bits per heavy atom. The van der Waals surface area contributed by atoms with E-state index in [9.17, 15) is 8.42 Å². The van der Waals surface area contributed by atoms with Gasteiger partial charge < -0.3 is 4.74 Å². The fourth-order valence-electron chi connectivity index (χ4n) is 3.38. The molecule has 1 N–H and O–H groups in total. The third-order valence-electron chi connectivity index (χ3n) is 4.92. The van der Waals surface area contributed by atoms with Crippen LogP contribution in [0, 0.1) is 0 Å². The van der Waals surface area contributed by atoms with Crippen LogP contribution in [0.3, 0.4) is 0 Å². The normalized spacial score (nSPS) is 12.0. The van der Waals surface area contributed by atoms with Gasteiger partial charge in [-0.1, -0.05) is 26.0 Å². The summed E-state index contributed by atoms with van der Waals surface area (Å²) >= 11 is 0. The molecule has 0 bridgehead atoms. The van der Waals surface area contributed by atoms with Crippen molar-refractivity contribution in [1.82, 2.24) is 24.5 Å². The Kier molecular flexibility index (Phi) is 5.75. The molecule has 0 atom stereocenters. The Morgan fingerprint density at radius 3 is 2.65 bits per heavy atom. The molecule has 3 aromatic heterocycles. The Hall–Kier alpha value is -3.24. The van der Waals surface area contributed by atoms with Crippen LogP contribution in [-0.2, 0) is 21.3 Å². The topological polar surface area (TPSA) is 104 Å². The van der Waals surface area contributed by atoms with Crippen LogP contribution in [0.25, 0.3) is 16.7 Å². The lowest BCUT2D eigenvalue weighted by atomic mass is 10.1. The highest BCUT2D eigenvalue weighted by atomic mass is 32.2. The molecule has 4 rings (SSSR count). The van der Waals surface area contributed by atoms with Crippen molar-refractivity contribution < 1.29 is 13.2 Å². The van der Waals surface area contributed by atoms with E-state index in [0.29, 0.717) is 30.2 Å². The number of pyridine rings is 1. The minimum absolute atomic E-state index is 0.0643. The maximum Gasteiger partial charge on any atom is 0.263 e. The number of nitrogens with zero attached hydrogens (tertiary/aromatic N) is 5. The summed E-state index contributed by atoms with van der Waals surface area (Å²) < 4.78 is 37.3. The summed E-state index contributed by atoms with van der Waals surface area (Å²) in [7, 11) is -2.24. The van der Waals surface area contributed by atoms with Gasteiger partial charge in [0.25, 0.3) is 10.0 Å². The van der Waals surface area contributed by atoms with Gasteiger partial charge in [-0.3, -0.25) is 9.40 Å². The molecule has 0 aliphatic rings. The zero-order chi connectivity index (χ0) is 22.0. The number of para-hydroxylation sites is 1. The number of rotatable bonds is 8. The van der Waals surface area contributed by atoms with E-state index in [0.717, 1.165) is 11.1 Å². The molecule has 0 fully saturated rings. The van der Waals surface area contributed by atoms with Crippen LogP contribution in [0.4, 0.5) is 5.69 Å². The minimum atomic E-state index is -3.85. The van der Waals surface area contributed by atoms with E-state index in [1.54, 1.807) is 47.1 Å². The third kappa shape index (κ3) is 4.17. The van der Waals surface area contributed by atoms with E-state index in [-0.39, 0.29) is 10.8 Å². The summed E-state index contributed by atoms with van der Waals surface area (Å²) in [6.07, 6.45) is 4.75. The van der Waals surface area contributed by atoms with E-state index in [2.05, 4.69) is 33.8 Å². The summed E-state index contributed by atoms with van der Waals surface area (Å²) in [5.74, 6) is 0.824. The molecule has 4 aromatic rings. The first kappa shape index (κ1) is 21.0. The summed E-state index contributed by atoms with van der Waals surface area (Å²) in [6.45, 7) is 5.11. The van der Waals surface area contributed by atoms with Crippen molar-refractivity contribution in [3.05, 3.63) is 60.7 Å². The average molecular weight is 441 g/mol. The molecule has 0 aliphatic heterocycles. The smallest absolute Gasteiger partial charge is 0.263 e. The van der Waals surface area contributed by atoms with Crippen molar-refractivity contribution in [2.24, 2.45) is 0 Å². The van der Waals surface area contributed by atoms with E-state index >= 15 is 0 Å². The van der Waals surface area contributed by atoms with Crippen LogP contribution in [0.1, 0.15) is 25.5 Å². The number of anilines is 1. The number of benzene rings is 1. The zero-order valence-electron chi connectivity index (χ0n) is 17.6. The van der Waals surface area contributed by atoms with Gasteiger partial charge in [0.2, 0.25) is 0 Å². The van der Waals surface area contributed by atoms with Crippen molar-refractivity contribution in [2.45, 2.75) is 31.2 Å². The van der Waals surface area contributed by atoms with Gasteiger partial charge in [0.05, 0.1) is 30.6 Å². The van der Waals surface area contributed by atoms with E-state index < -0.39 is 10.0 Å². The van der Waals surface area contributed by atoms with E-state index in [4.69, 9.17) is 4.74 Å². The van der Waals surface area contributed by atoms with E-state index in [1.165, 1.54) is 12.3 Å². The highest BCUT2D eigenvalue weighted by Gasteiger charge is 2.19. The van der Waals surface area contributed by atoms with Crippen molar-refractivity contribution in [3.63, 3.8) is 0 Å². The molecule has 10 heteroatoms. The number of ether oxygens (including phenoxy) is 1. The van der Waals surface area contributed by atoms with Crippen LogP contribution in [0.5, 0.6) is 0 Å². The molecule has 0 spiro atoms. The zero-order valence-corrected chi connectivity index (χ0v) is 18.4. The number of fused-ring (bicyclic) bond motifs is 1. The van der Waals surface area contributed by atoms with Gasteiger partial charge in [-0.05, 0) is 30.2 Å². The van der Waals surface area contributed by atoms with Crippen molar-refractivity contribution >= 4 is 26.6 Å². The first-order chi connectivity index (χ1) is 14.9. The van der Waals surface area contributed by atoms with Gasteiger partial charge in [-0.2, -0.15) is 10.2 Å². The number of methoxy groups -OCH3 is 1. The molecular weight excluding hydrogens is 416 g/mol. The van der Waals surface area contributed by atoms with Gasteiger partial charge >= 0.3 is 0 Å². The SMILES string of the molecule is COCCn1ncc2cccc(NS(=O)(=O)c3ccc(-n4nccc4C(C)C)nc3)c21. The number of aromatic nitrogens is 5. The number of hydrogen-bond donors (Lipinski definition) is 1. The van der Waals surface area contributed by atoms with Crippen LogP contribution >= 0.6 is 0 Å². The molecule has 0 unspecified atom stereocenters. The minimum Gasteiger partial charge on any atom is -0.383 e. The Bertz CT molecular complexity index is 1290. The maximum atomic E-state index is 13.0. The van der Waals surface area contributed by atoms with Gasteiger partial charge in [-0.15, -0.1) is 0 Å². The molecule has 0 amide bonds. The predicted octanol–water partition coefficient (Wildman–Crippen LogP) is 3.19. The summed E-state index contributed by atoms with van der Waals surface area (Å²) in [6, 6.07) is 10.5. The van der Waals surface area contributed by atoms with Crippen LogP contribution in [-0.4, -0.2) is 46.7 Å². The lowest BCUT2D eigenvalue weighted by molar-refractivity contribution is 0.185. The highest BCUT2D eigenvalue weighted by Crippen LogP contribution is 2.26. The summed E-state index contributed by atoms with van der Waals surface area (Å²) in [5, 5.41) is 9.48. The predicted molar refractivity (Wildman–Crippen MR) is 118 cm³/mol. The molecule has 31 heavy (non-hydrogen) atoms. The van der Waals surface area contributed by atoms with Crippen molar-refractivity contribution in [3.8, 4) is 5.82 Å². The summed E-state index contributed by atoms with van der Waals surface area (Å²) in [4.78, 5) is 4.39. The average Bonchev–Trinajstić information content (AvgIpc) is 3.40. The Balaban J connectivity index is 1.64. The van der Waals surface area contributed by atoms with Gasteiger partial charge in [0.15, 0.2) is 5.82 Å². The Labute approximate surface area is 180 Å². The van der Waals surface area contributed by atoms with Crippen molar-refractivity contribution in [1.29, 1.82) is 0 Å². The molecule has 162 valence electrons. The number of hydrogen-bond acceptors (Lipinski definition) is 6. The first-order valence-electron chi connectivity index (χ1n) is 9.87. The highest BCUT2D eigenvalue weighted by molar-refractivity contribution is 7.92. The lowest BCUT2D eigenvalue weighted by Crippen LogP contribution is -2.15. The monoisotopic (exact) mass is 440 g/mol. The Morgan fingerprint density at radius 1 is 1.10 bits per heavy atom. The van der Waals surface area contributed by atoms with Crippen LogP contribution in [0.15, 0.2) is 59.9 Å². The van der Waals surface area contributed by atoms with E-state index in [1.807, 2.05) is 12.1 Å². The molecule has 1 aromatic carbocycles. The van der Waals surface area contributed by atoms with Crippen LogP contribution < -0.4 is 4.72 Å². The largest absolute Gasteiger partial charge is 0.383 e. The second-order valence-corrected chi connectivity index (χ2v) is 9.07. The number of sulfonamides is 1. The molecule has 0 radical (unpaired) electrons. The fourth-order valence-corrected chi connectivity index (χ4v) is 4.39. The second kappa shape index (κ2) is 8.48.